The second-order valence-corrected chi connectivity index (χ2v) is 4.16. The molecule has 0 amide bonds. The average molecular weight is 258 g/mol. The summed E-state index contributed by atoms with van der Waals surface area (Å²) in [6, 6.07) is 2.32. The molecule has 0 radical (unpaired) electrons. The Bertz CT molecular complexity index is 297. The van der Waals surface area contributed by atoms with E-state index in [9.17, 15) is 0 Å². The molecule has 1 heterocycles. The number of hydrogen-bond acceptors (Lipinski definition) is 3. The van der Waals surface area contributed by atoms with Gasteiger partial charge in [-0.2, -0.15) is 0 Å². The number of anilines is 1. The highest BCUT2D eigenvalue weighted by molar-refractivity contribution is 9.10. The van der Waals surface area contributed by atoms with E-state index in [-0.39, 0.29) is 0 Å². The van der Waals surface area contributed by atoms with Gasteiger partial charge in [0.1, 0.15) is 5.82 Å². The zero-order valence-corrected chi connectivity index (χ0v) is 10.1. The van der Waals surface area contributed by atoms with Crippen LogP contribution in [0.3, 0.4) is 0 Å². The highest BCUT2D eigenvalue weighted by Gasteiger charge is 2.04. The van der Waals surface area contributed by atoms with Crippen molar-refractivity contribution < 1.29 is 0 Å². The molecule has 1 rings (SSSR count). The lowest BCUT2D eigenvalue weighted by atomic mass is 10.2. The third kappa shape index (κ3) is 2.96. The summed E-state index contributed by atoms with van der Waals surface area (Å²) in [6.07, 6.45) is 2.81. The zero-order valence-electron chi connectivity index (χ0n) is 8.55. The second kappa shape index (κ2) is 5.32. The average Bonchev–Trinajstić information content (AvgIpc) is 2.19. The number of hydrogen-bond donors (Lipinski definition) is 2. The van der Waals surface area contributed by atoms with E-state index >= 15 is 0 Å². The van der Waals surface area contributed by atoms with Crippen LogP contribution in [0.2, 0.25) is 0 Å². The first-order valence-corrected chi connectivity index (χ1v) is 5.55. The van der Waals surface area contributed by atoms with Crippen LogP contribution < -0.4 is 11.1 Å². The predicted molar refractivity (Wildman–Crippen MR) is 63.4 cm³/mol. The Kier molecular flexibility index (Phi) is 4.35. The molecule has 0 fully saturated rings. The molecule has 4 heteroatoms. The molecule has 1 aromatic heterocycles. The lowest BCUT2D eigenvalue weighted by molar-refractivity contribution is 0.700. The van der Waals surface area contributed by atoms with Gasteiger partial charge in [-0.15, -0.1) is 0 Å². The van der Waals surface area contributed by atoms with E-state index in [0.717, 1.165) is 16.7 Å². The molecular formula is C10H16BrN3. The zero-order chi connectivity index (χ0) is 10.6. The summed E-state index contributed by atoms with van der Waals surface area (Å²) >= 11 is 3.41. The highest BCUT2D eigenvalue weighted by Crippen LogP contribution is 2.17. The number of rotatable bonds is 4. The fourth-order valence-corrected chi connectivity index (χ4v) is 1.37. The Morgan fingerprint density at radius 1 is 1.64 bits per heavy atom. The molecule has 0 bridgehead atoms. The topological polar surface area (TPSA) is 50.9 Å². The molecule has 3 nitrogen and oxygen atoms in total. The van der Waals surface area contributed by atoms with Gasteiger partial charge in [0.15, 0.2) is 0 Å². The van der Waals surface area contributed by atoms with Gasteiger partial charge in [-0.05, 0) is 40.9 Å². The van der Waals surface area contributed by atoms with Crippen LogP contribution in [0.1, 0.15) is 18.9 Å². The summed E-state index contributed by atoms with van der Waals surface area (Å²) < 4.78 is 1.03. The van der Waals surface area contributed by atoms with E-state index in [2.05, 4.69) is 33.2 Å². The highest BCUT2D eigenvalue weighted by atomic mass is 79.9. The molecule has 0 aliphatic rings. The Balaban J connectivity index is 2.72. The molecule has 0 aliphatic carbocycles. The standard InChI is InChI=1S/C10H16BrN3/c1-3-8(5-12)14-10-4-7(2)9(11)6-13-10/h4,6,8H,3,5,12H2,1-2H3,(H,13,14). The molecule has 0 saturated carbocycles. The van der Waals surface area contributed by atoms with Crippen molar-refractivity contribution in [3.8, 4) is 0 Å². The first-order chi connectivity index (χ1) is 6.67. The second-order valence-electron chi connectivity index (χ2n) is 3.30. The number of nitrogens with two attached hydrogens (primary N) is 1. The normalized spacial score (nSPS) is 12.6. The Morgan fingerprint density at radius 2 is 2.36 bits per heavy atom. The summed E-state index contributed by atoms with van der Waals surface area (Å²) in [7, 11) is 0. The van der Waals surface area contributed by atoms with E-state index in [1.165, 1.54) is 5.56 Å². The van der Waals surface area contributed by atoms with Gasteiger partial charge < -0.3 is 11.1 Å². The first-order valence-electron chi connectivity index (χ1n) is 4.76. The minimum Gasteiger partial charge on any atom is -0.366 e. The largest absolute Gasteiger partial charge is 0.366 e. The van der Waals surface area contributed by atoms with Crippen LogP contribution in [0.15, 0.2) is 16.7 Å². The number of aromatic nitrogens is 1. The number of nitrogens with zero attached hydrogens (tertiary/aromatic N) is 1. The van der Waals surface area contributed by atoms with Gasteiger partial charge in [-0.1, -0.05) is 6.92 Å². The van der Waals surface area contributed by atoms with Gasteiger partial charge in [0.2, 0.25) is 0 Å². The van der Waals surface area contributed by atoms with Crippen LogP contribution in [-0.4, -0.2) is 17.6 Å². The lowest BCUT2D eigenvalue weighted by Gasteiger charge is -2.15. The van der Waals surface area contributed by atoms with Crippen LogP contribution in [-0.2, 0) is 0 Å². The summed E-state index contributed by atoms with van der Waals surface area (Å²) in [6.45, 7) is 4.78. The van der Waals surface area contributed by atoms with Gasteiger partial charge in [-0.3, -0.25) is 0 Å². The maximum absolute atomic E-state index is 5.60. The molecule has 1 aromatic rings. The fraction of sp³-hybridized carbons (Fsp3) is 0.500. The smallest absolute Gasteiger partial charge is 0.126 e. The van der Waals surface area contributed by atoms with Crippen molar-refractivity contribution in [2.45, 2.75) is 26.3 Å². The van der Waals surface area contributed by atoms with Crippen molar-refractivity contribution in [1.29, 1.82) is 0 Å². The maximum Gasteiger partial charge on any atom is 0.126 e. The Labute approximate surface area is 93.2 Å². The van der Waals surface area contributed by atoms with Crippen LogP contribution in [0.5, 0.6) is 0 Å². The van der Waals surface area contributed by atoms with E-state index in [1.54, 1.807) is 6.20 Å². The summed E-state index contributed by atoms with van der Waals surface area (Å²) in [5, 5.41) is 3.29. The Morgan fingerprint density at radius 3 is 2.86 bits per heavy atom. The van der Waals surface area contributed by atoms with Crippen molar-refractivity contribution >= 4 is 21.7 Å². The van der Waals surface area contributed by atoms with Crippen LogP contribution in [0.25, 0.3) is 0 Å². The van der Waals surface area contributed by atoms with Gasteiger partial charge in [-0.25, -0.2) is 4.98 Å². The predicted octanol–water partition coefficient (Wildman–Crippen LogP) is 2.30. The fourth-order valence-electron chi connectivity index (χ4n) is 1.16. The Hall–Kier alpha value is -0.610. The minimum absolute atomic E-state index is 0.308. The number of nitrogens with one attached hydrogen (secondary N) is 1. The van der Waals surface area contributed by atoms with Gasteiger partial charge in [0.25, 0.3) is 0 Å². The molecule has 0 spiro atoms. The third-order valence-corrected chi connectivity index (χ3v) is 3.01. The first kappa shape index (κ1) is 11.5. The quantitative estimate of drug-likeness (QED) is 0.871. The minimum atomic E-state index is 0.308. The summed E-state index contributed by atoms with van der Waals surface area (Å²) in [5.74, 6) is 0.892. The molecule has 1 atom stereocenters. The molecule has 0 aliphatic heterocycles. The summed E-state index contributed by atoms with van der Waals surface area (Å²) in [4.78, 5) is 4.26. The van der Waals surface area contributed by atoms with E-state index in [4.69, 9.17) is 5.73 Å². The molecule has 1 unspecified atom stereocenters. The van der Waals surface area contributed by atoms with Crippen molar-refractivity contribution in [2.24, 2.45) is 5.73 Å². The monoisotopic (exact) mass is 257 g/mol. The van der Waals surface area contributed by atoms with E-state index < -0.39 is 0 Å². The van der Waals surface area contributed by atoms with Gasteiger partial charge in [0, 0.05) is 23.3 Å². The molecular weight excluding hydrogens is 242 g/mol. The van der Waals surface area contributed by atoms with Crippen LogP contribution >= 0.6 is 15.9 Å². The maximum atomic E-state index is 5.60. The van der Waals surface area contributed by atoms with Crippen molar-refractivity contribution in [3.63, 3.8) is 0 Å². The number of aryl methyl sites for hydroxylation is 1. The van der Waals surface area contributed by atoms with Crippen LogP contribution in [0.4, 0.5) is 5.82 Å². The lowest BCUT2D eigenvalue weighted by Crippen LogP contribution is -2.28. The van der Waals surface area contributed by atoms with Gasteiger partial charge in [0.05, 0.1) is 0 Å². The number of pyridine rings is 1. The third-order valence-electron chi connectivity index (χ3n) is 2.18. The van der Waals surface area contributed by atoms with E-state index in [0.29, 0.717) is 12.6 Å². The van der Waals surface area contributed by atoms with Gasteiger partial charge >= 0.3 is 0 Å². The van der Waals surface area contributed by atoms with Crippen LogP contribution in [0, 0.1) is 6.92 Å². The number of halogens is 1. The molecule has 14 heavy (non-hydrogen) atoms. The van der Waals surface area contributed by atoms with Crippen molar-refractivity contribution in [1.82, 2.24) is 4.98 Å². The molecule has 0 saturated heterocycles. The summed E-state index contributed by atoms with van der Waals surface area (Å²) in [5.41, 5.74) is 6.77. The molecule has 3 N–H and O–H groups in total. The van der Waals surface area contributed by atoms with Crippen molar-refractivity contribution in [3.05, 3.63) is 22.3 Å². The molecule has 0 aromatic carbocycles. The van der Waals surface area contributed by atoms with Crippen molar-refractivity contribution in [2.75, 3.05) is 11.9 Å². The molecule has 78 valence electrons. The SMILES string of the molecule is CCC(CN)Nc1cc(C)c(Br)cn1. The van der Waals surface area contributed by atoms with E-state index in [1.807, 2.05) is 13.0 Å².